The van der Waals surface area contributed by atoms with Crippen molar-refractivity contribution in [1.82, 2.24) is 0 Å². The molecular weight excluding hydrogens is 482 g/mol. The third-order valence-electron chi connectivity index (χ3n) is 7.70. The molecule has 1 atom stereocenters. The van der Waals surface area contributed by atoms with Crippen LogP contribution in [0.1, 0.15) is 24.0 Å². The van der Waals surface area contributed by atoms with E-state index in [4.69, 9.17) is 16.3 Å². The second kappa shape index (κ2) is 10.6. The molecule has 0 aliphatic carbocycles. The van der Waals surface area contributed by atoms with E-state index < -0.39 is 11.9 Å². The summed E-state index contributed by atoms with van der Waals surface area (Å²) in [5, 5.41) is 0.789. The SMILES string of the molecule is O=C(O[C@H]1C[N+]2(CCc3ccccc3Cl)CCC1CC2)N(Cc1ccc(F)cc1)c1cccc(F)c1. The molecule has 2 bridgehead atoms. The van der Waals surface area contributed by atoms with Crippen LogP contribution in [0.15, 0.2) is 72.8 Å². The Kier molecular flexibility index (Phi) is 7.26. The average molecular weight is 512 g/mol. The number of halogens is 3. The smallest absolute Gasteiger partial charge is 0.415 e. The van der Waals surface area contributed by atoms with Gasteiger partial charge in [0.1, 0.15) is 18.2 Å². The summed E-state index contributed by atoms with van der Waals surface area (Å²) in [6.07, 6.45) is 2.20. The van der Waals surface area contributed by atoms with E-state index in [2.05, 4.69) is 6.07 Å². The second-order valence-corrected chi connectivity index (χ2v) is 10.4. The molecule has 0 aromatic heterocycles. The number of carbonyl (C=O) groups is 1. The van der Waals surface area contributed by atoms with Gasteiger partial charge >= 0.3 is 6.09 Å². The minimum atomic E-state index is -0.507. The fourth-order valence-corrected chi connectivity index (χ4v) is 5.83. The lowest BCUT2D eigenvalue weighted by Gasteiger charge is -2.52. The summed E-state index contributed by atoms with van der Waals surface area (Å²) in [7, 11) is 0. The maximum atomic E-state index is 14.0. The highest BCUT2D eigenvalue weighted by Crippen LogP contribution is 2.36. The molecule has 3 saturated heterocycles. The molecule has 3 aliphatic rings. The third-order valence-corrected chi connectivity index (χ3v) is 8.07. The van der Waals surface area contributed by atoms with Crippen LogP contribution in [0, 0.1) is 17.6 Å². The lowest BCUT2D eigenvalue weighted by molar-refractivity contribution is -0.945. The summed E-state index contributed by atoms with van der Waals surface area (Å²) in [5.74, 6) is -0.456. The second-order valence-electron chi connectivity index (χ2n) is 9.99. The van der Waals surface area contributed by atoms with Crippen molar-refractivity contribution in [2.24, 2.45) is 5.92 Å². The molecule has 3 aromatic carbocycles. The average Bonchev–Trinajstić information content (AvgIpc) is 2.88. The van der Waals surface area contributed by atoms with E-state index in [0.717, 1.165) is 66.1 Å². The van der Waals surface area contributed by atoms with Gasteiger partial charge in [-0.1, -0.05) is 48.0 Å². The number of benzene rings is 3. The zero-order chi connectivity index (χ0) is 25.1. The standard InChI is InChI=1S/C29H30ClF2N2O2/c30-27-7-2-1-4-22(27)12-15-34-16-13-23(14-17-34)28(20-34)36-29(35)33(26-6-3-5-25(32)18-26)19-21-8-10-24(31)11-9-21/h1-11,18,23,28H,12-17,19-20H2/q+1/t23?,28-,34?/m0/s1. The molecule has 0 unspecified atom stereocenters. The first-order valence-corrected chi connectivity index (χ1v) is 12.9. The van der Waals surface area contributed by atoms with Crippen LogP contribution in [0.3, 0.4) is 0 Å². The number of hydrogen-bond donors (Lipinski definition) is 0. The third kappa shape index (κ3) is 5.55. The van der Waals surface area contributed by atoms with E-state index in [1.165, 1.54) is 29.2 Å². The van der Waals surface area contributed by atoms with E-state index in [9.17, 15) is 13.6 Å². The van der Waals surface area contributed by atoms with Crippen LogP contribution in [-0.4, -0.2) is 42.9 Å². The normalized spacial score (nSPS) is 22.9. The largest absolute Gasteiger partial charge is 0.440 e. The van der Waals surface area contributed by atoms with Gasteiger partial charge in [-0.25, -0.2) is 13.6 Å². The Bertz CT molecular complexity index is 1210. The lowest BCUT2D eigenvalue weighted by atomic mass is 9.83. The summed E-state index contributed by atoms with van der Waals surface area (Å²) >= 11 is 6.39. The van der Waals surface area contributed by atoms with Crippen molar-refractivity contribution >= 4 is 23.4 Å². The van der Waals surface area contributed by atoms with Crippen molar-refractivity contribution < 1.29 is 22.8 Å². The number of piperidine rings is 3. The van der Waals surface area contributed by atoms with Gasteiger partial charge < -0.3 is 9.22 Å². The predicted molar refractivity (Wildman–Crippen MR) is 137 cm³/mol. The molecule has 188 valence electrons. The molecule has 0 radical (unpaired) electrons. The zero-order valence-corrected chi connectivity index (χ0v) is 20.8. The van der Waals surface area contributed by atoms with Crippen molar-refractivity contribution in [3.8, 4) is 0 Å². The van der Waals surface area contributed by atoms with Gasteiger partial charge in [-0.3, -0.25) is 4.90 Å². The van der Waals surface area contributed by atoms with Crippen LogP contribution < -0.4 is 4.90 Å². The molecule has 0 N–H and O–H groups in total. The minimum absolute atomic E-state index is 0.159. The highest BCUT2D eigenvalue weighted by atomic mass is 35.5. The van der Waals surface area contributed by atoms with Crippen LogP contribution in [0.2, 0.25) is 5.02 Å². The molecule has 36 heavy (non-hydrogen) atoms. The quantitative estimate of drug-likeness (QED) is 0.334. The lowest BCUT2D eigenvalue weighted by Crippen LogP contribution is -2.65. The first-order valence-electron chi connectivity index (χ1n) is 12.5. The fourth-order valence-electron chi connectivity index (χ4n) is 5.60. The Morgan fingerprint density at radius 3 is 2.44 bits per heavy atom. The number of carbonyl (C=O) groups excluding carboxylic acids is 1. The number of ether oxygens (including phenoxy) is 1. The van der Waals surface area contributed by atoms with Crippen LogP contribution in [0.4, 0.5) is 19.3 Å². The molecular formula is C29H30ClF2N2O2+. The van der Waals surface area contributed by atoms with Gasteiger partial charge in [0, 0.05) is 30.2 Å². The van der Waals surface area contributed by atoms with E-state index in [1.54, 1.807) is 24.3 Å². The molecule has 6 rings (SSSR count). The Balaban J connectivity index is 1.31. The summed E-state index contributed by atoms with van der Waals surface area (Å²) in [4.78, 5) is 14.9. The van der Waals surface area contributed by atoms with Crippen molar-refractivity contribution in [2.75, 3.05) is 31.1 Å². The molecule has 4 nitrogen and oxygen atoms in total. The molecule has 3 fully saturated rings. The Morgan fingerprint density at radius 2 is 1.72 bits per heavy atom. The number of nitrogens with zero attached hydrogens (tertiary/aromatic N) is 2. The van der Waals surface area contributed by atoms with E-state index in [0.29, 0.717) is 11.6 Å². The van der Waals surface area contributed by atoms with Crippen LogP contribution in [0.25, 0.3) is 0 Å². The summed E-state index contributed by atoms with van der Waals surface area (Å²) in [5.41, 5.74) is 2.28. The van der Waals surface area contributed by atoms with Crippen molar-refractivity contribution in [3.63, 3.8) is 0 Å². The van der Waals surface area contributed by atoms with E-state index in [1.807, 2.05) is 18.2 Å². The van der Waals surface area contributed by atoms with Crippen molar-refractivity contribution in [3.05, 3.63) is 101 Å². The molecule has 0 spiro atoms. The number of anilines is 1. The van der Waals surface area contributed by atoms with Gasteiger partial charge in [0.05, 0.1) is 31.9 Å². The van der Waals surface area contributed by atoms with Crippen LogP contribution in [0.5, 0.6) is 0 Å². The number of amides is 1. The van der Waals surface area contributed by atoms with Crippen LogP contribution in [-0.2, 0) is 17.7 Å². The highest BCUT2D eigenvalue weighted by Gasteiger charge is 2.47. The van der Waals surface area contributed by atoms with Gasteiger partial charge in [0.2, 0.25) is 0 Å². The predicted octanol–water partition coefficient (Wildman–Crippen LogP) is 6.61. The summed E-state index contributed by atoms with van der Waals surface area (Å²) in [6, 6.07) is 19.8. The fraction of sp³-hybridized carbons (Fsp3) is 0.345. The van der Waals surface area contributed by atoms with Gasteiger partial charge in [-0.2, -0.15) is 0 Å². The molecule has 3 aromatic rings. The van der Waals surface area contributed by atoms with E-state index in [-0.39, 0.29) is 18.5 Å². The first kappa shape index (κ1) is 24.7. The Hall–Kier alpha value is -2.96. The van der Waals surface area contributed by atoms with Crippen LogP contribution >= 0.6 is 11.6 Å². The maximum absolute atomic E-state index is 14.0. The topological polar surface area (TPSA) is 29.5 Å². The monoisotopic (exact) mass is 511 g/mol. The van der Waals surface area contributed by atoms with Gasteiger partial charge in [0.15, 0.2) is 6.10 Å². The number of rotatable bonds is 7. The van der Waals surface area contributed by atoms with E-state index >= 15 is 0 Å². The molecule has 7 heteroatoms. The maximum Gasteiger partial charge on any atom is 0.415 e. The Labute approximate surface area is 215 Å². The first-order chi connectivity index (χ1) is 17.4. The summed E-state index contributed by atoms with van der Waals surface area (Å²) < 4.78 is 34.5. The molecule has 1 amide bonds. The van der Waals surface area contributed by atoms with Crippen molar-refractivity contribution in [2.45, 2.75) is 31.9 Å². The number of quaternary nitrogens is 1. The minimum Gasteiger partial charge on any atom is -0.440 e. The summed E-state index contributed by atoms with van der Waals surface area (Å²) in [6.45, 7) is 4.03. The highest BCUT2D eigenvalue weighted by molar-refractivity contribution is 6.31. The molecule has 3 heterocycles. The van der Waals surface area contributed by atoms with Gasteiger partial charge in [-0.15, -0.1) is 0 Å². The number of fused-ring (bicyclic) bond motifs is 3. The molecule has 0 saturated carbocycles. The zero-order valence-electron chi connectivity index (χ0n) is 20.1. The van der Waals surface area contributed by atoms with Gasteiger partial charge in [0.25, 0.3) is 0 Å². The Morgan fingerprint density at radius 1 is 0.972 bits per heavy atom. The van der Waals surface area contributed by atoms with Gasteiger partial charge in [-0.05, 0) is 47.5 Å². The van der Waals surface area contributed by atoms with Crippen molar-refractivity contribution in [1.29, 1.82) is 0 Å². The number of hydrogen-bond acceptors (Lipinski definition) is 2. The molecule has 3 aliphatic heterocycles.